The summed E-state index contributed by atoms with van der Waals surface area (Å²) in [5.41, 5.74) is 9.63. The number of methoxy groups -OCH3 is 1. The molecule has 0 unspecified atom stereocenters. The van der Waals surface area contributed by atoms with E-state index in [1.165, 1.54) is 40.5 Å². The van der Waals surface area contributed by atoms with Crippen molar-refractivity contribution in [3.63, 3.8) is 0 Å². The van der Waals surface area contributed by atoms with Crippen molar-refractivity contribution in [3.05, 3.63) is 52.7 Å². The lowest BCUT2D eigenvalue weighted by molar-refractivity contribution is -0.139. The van der Waals surface area contributed by atoms with Crippen molar-refractivity contribution in [1.29, 1.82) is 0 Å². The van der Waals surface area contributed by atoms with E-state index >= 15 is 0 Å². The van der Waals surface area contributed by atoms with Crippen LogP contribution in [0.1, 0.15) is 22.4 Å². The van der Waals surface area contributed by atoms with Gasteiger partial charge in [-0.05, 0) is 82.2 Å². The molecule has 4 rings (SSSR count). The van der Waals surface area contributed by atoms with Gasteiger partial charge in [-0.3, -0.25) is 4.79 Å². The molecular weight excluding hydrogens is 539 g/mol. The number of hydrogen-bond donors (Lipinski definition) is 0. The highest BCUT2D eigenvalue weighted by Crippen LogP contribution is 2.46. The highest BCUT2D eigenvalue weighted by molar-refractivity contribution is 14.2. The Morgan fingerprint density at radius 1 is 1.13 bits per heavy atom. The zero-order valence-electron chi connectivity index (χ0n) is 18.3. The standard InChI is InChI=1S/C24H27IN2O2S2/c1-15-5-7-18(8-6-15)22-19(14-21(28)29-4)17(3)23-24-20(22)13-16(2)26(24)9-10-27(23)31-12-11-30-25/h5-8,13H,9-12,14H2,1-4H3. The molecule has 0 N–H and O–H groups in total. The average Bonchev–Trinajstić information content (AvgIpc) is 3.09. The van der Waals surface area contributed by atoms with E-state index in [0.29, 0.717) is 0 Å². The van der Waals surface area contributed by atoms with Gasteiger partial charge in [-0.15, -0.1) is 0 Å². The number of esters is 1. The van der Waals surface area contributed by atoms with Crippen molar-refractivity contribution >= 4 is 64.6 Å². The summed E-state index contributed by atoms with van der Waals surface area (Å²) < 4.78 is 9.98. The zero-order chi connectivity index (χ0) is 22.1. The monoisotopic (exact) mass is 566 g/mol. The van der Waals surface area contributed by atoms with Gasteiger partial charge in [0.2, 0.25) is 0 Å². The van der Waals surface area contributed by atoms with E-state index in [1.807, 2.05) is 20.9 Å². The Bertz CT molecular complexity index is 1130. The molecule has 0 amide bonds. The average molecular weight is 567 g/mol. The van der Waals surface area contributed by atoms with E-state index in [9.17, 15) is 4.79 Å². The third-order valence-electron chi connectivity index (χ3n) is 5.98. The fourth-order valence-electron chi connectivity index (χ4n) is 4.48. The molecule has 0 bridgehead atoms. The molecule has 1 aliphatic heterocycles. The lowest BCUT2D eigenvalue weighted by atomic mass is 9.89. The number of rotatable bonds is 7. The van der Waals surface area contributed by atoms with E-state index < -0.39 is 0 Å². The lowest BCUT2D eigenvalue weighted by Crippen LogP contribution is -2.28. The van der Waals surface area contributed by atoms with Gasteiger partial charge in [0.1, 0.15) is 0 Å². The van der Waals surface area contributed by atoms with Crippen LogP contribution in [-0.2, 0) is 22.5 Å². The predicted octanol–water partition coefficient (Wildman–Crippen LogP) is 6.50. The van der Waals surface area contributed by atoms with E-state index in [-0.39, 0.29) is 12.4 Å². The second kappa shape index (κ2) is 9.67. The third-order valence-corrected chi connectivity index (χ3v) is 8.98. The molecule has 3 aromatic rings. The summed E-state index contributed by atoms with van der Waals surface area (Å²) >= 11 is 4.26. The molecule has 0 saturated carbocycles. The normalized spacial score (nSPS) is 13.1. The number of carbonyl (C=O) groups is 1. The Kier molecular flexibility index (Phi) is 7.13. The summed E-state index contributed by atoms with van der Waals surface area (Å²) in [6.07, 6.45) is 0.279. The summed E-state index contributed by atoms with van der Waals surface area (Å²) in [5.74, 6) is 1.98. The second-order valence-corrected chi connectivity index (χ2v) is 11.5. The molecule has 4 nitrogen and oxygen atoms in total. The van der Waals surface area contributed by atoms with Crippen molar-refractivity contribution in [1.82, 2.24) is 4.57 Å². The minimum absolute atomic E-state index is 0.199. The van der Waals surface area contributed by atoms with Crippen LogP contribution < -0.4 is 4.31 Å². The van der Waals surface area contributed by atoms with Crippen molar-refractivity contribution < 1.29 is 9.53 Å². The molecule has 31 heavy (non-hydrogen) atoms. The minimum atomic E-state index is -0.199. The lowest BCUT2D eigenvalue weighted by Gasteiger charge is -2.33. The fraction of sp³-hybridized carbons (Fsp3) is 0.375. The van der Waals surface area contributed by atoms with Crippen LogP contribution in [0.3, 0.4) is 0 Å². The van der Waals surface area contributed by atoms with Crippen LogP contribution in [0.25, 0.3) is 22.0 Å². The summed E-state index contributed by atoms with van der Waals surface area (Å²) in [7, 11) is 3.32. The number of halogens is 1. The first-order chi connectivity index (χ1) is 15.0. The van der Waals surface area contributed by atoms with Gasteiger partial charge in [0.25, 0.3) is 0 Å². The zero-order valence-corrected chi connectivity index (χ0v) is 22.1. The number of aromatic nitrogens is 1. The first-order valence-electron chi connectivity index (χ1n) is 10.4. The number of carbonyl (C=O) groups excluding carboxylic acids is 1. The molecule has 164 valence electrons. The van der Waals surface area contributed by atoms with Crippen LogP contribution >= 0.6 is 42.1 Å². The minimum Gasteiger partial charge on any atom is -0.469 e. The SMILES string of the molecule is COC(=O)Cc1c(C)c2c3c(cc(C)n3CCN2SCCSI)c1-c1ccc(C)cc1. The maximum Gasteiger partial charge on any atom is 0.310 e. The number of benzene rings is 2. The van der Waals surface area contributed by atoms with E-state index in [2.05, 4.69) is 81.2 Å². The van der Waals surface area contributed by atoms with E-state index in [4.69, 9.17) is 4.74 Å². The molecule has 0 atom stereocenters. The second-order valence-electron chi connectivity index (χ2n) is 7.89. The van der Waals surface area contributed by atoms with Crippen LogP contribution in [0.4, 0.5) is 5.69 Å². The van der Waals surface area contributed by atoms with Crippen LogP contribution in [-0.4, -0.2) is 35.7 Å². The fourth-order valence-corrected chi connectivity index (χ4v) is 7.44. The predicted molar refractivity (Wildman–Crippen MR) is 144 cm³/mol. The van der Waals surface area contributed by atoms with E-state index in [0.717, 1.165) is 41.3 Å². The molecule has 0 fully saturated rings. The van der Waals surface area contributed by atoms with Crippen molar-refractivity contribution in [3.8, 4) is 11.1 Å². The first kappa shape index (κ1) is 22.9. The molecule has 0 saturated heterocycles. The summed E-state index contributed by atoms with van der Waals surface area (Å²) in [5, 5.41) is 1.23. The highest BCUT2D eigenvalue weighted by Gasteiger charge is 2.29. The molecule has 0 radical (unpaired) electrons. The molecule has 1 aromatic heterocycles. The Hall–Kier alpha value is -1.32. The van der Waals surface area contributed by atoms with Crippen molar-refractivity contribution in [2.24, 2.45) is 0 Å². The molecule has 2 aromatic carbocycles. The number of hydrogen-bond acceptors (Lipinski definition) is 5. The van der Waals surface area contributed by atoms with Gasteiger partial charge in [0.05, 0.1) is 24.7 Å². The summed E-state index contributed by atoms with van der Waals surface area (Å²) in [4.78, 5) is 12.4. The number of aryl methyl sites for hydroxylation is 2. The van der Waals surface area contributed by atoms with Gasteiger partial charge in [-0.1, -0.05) is 38.8 Å². The number of anilines is 1. The van der Waals surface area contributed by atoms with Gasteiger partial charge in [-0.2, -0.15) is 0 Å². The highest BCUT2D eigenvalue weighted by atomic mass is 127. The maximum absolute atomic E-state index is 12.4. The molecular formula is C24H27IN2O2S2. The molecule has 0 aliphatic carbocycles. The van der Waals surface area contributed by atoms with Crippen LogP contribution in [0.2, 0.25) is 0 Å². The van der Waals surface area contributed by atoms with Crippen molar-refractivity contribution in [2.75, 3.05) is 29.5 Å². The largest absolute Gasteiger partial charge is 0.469 e. The molecule has 0 spiro atoms. The van der Waals surface area contributed by atoms with Crippen LogP contribution in [0, 0.1) is 20.8 Å². The Morgan fingerprint density at radius 3 is 2.55 bits per heavy atom. The van der Waals surface area contributed by atoms with E-state index in [1.54, 1.807) is 0 Å². The quantitative estimate of drug-likeness (QED) is 0.141. The molecule has 2 heterocycles. The van der Waals surface area contributed by atoms with Crippen molar-refractivity contribution in [2.45, 2.75) is 33.7 Å². The topological polar surface area (TPSA) is 34.5 Å². The summed E-state index contributed by atoms with van der Waals surface area (Å²) in [6, 6.07) is 10.9. The molecule has 7 heteroatoms. The number of ether oxygens (including phenoxy) is 1. The third kappa shape index (κ3) is 4.33. The van der Waals surface area contributed by atoms with Crippen LogP contribution in [0.5, 0.6) is 0 Å². The van der Waals surface area contributed by atoms with Gasteiger partial charge in [0, 0.05) is 35.7 Å². The maximum atomic E-state index is 12.4. The first-order valence-corrected chi connectivity index (χ1v) is 14.9. The molecule has 1 aliphatic rings. The Labute approximate surface area is 204 Å². The number of nitrogens with zero attached hydrogens (tertiary/aromatic N) is 2. The Morgan fingerprint density at radius 2 is 1.87 bits per heavy atom. The van der Waals surface area contributed by atoms with Gasteiger partial charge in [0.15, 0.2) is 0 Å². The van der Waals surface area contributed by atoms with Crippen LogP contribution in [0.15, 0.2) is 30.3 Å². The Balaban J connectivity index is 2.00. The smallest absolute Gasteiger partial charge is 0.310 e. The van der Waals surface area contributed by atoms with Gasteiger partial charge < -0.3 is 13.6 Å². The van der Waals surface area contributed by atoms with Gasteiger partial charge in [-0.25, -0.2) is 0 Å². The summed E-state index contributed by atoms with van der Waals surface area (Å²) in [6.45, 7) is 8.41. The van der Waals surface area contributed by atoms with Gasteiger partial charge >= 0.3 is 5.97 Å².